The molecule has 0 saturated carbocycles. The largest absolute Gasteiger partial charge is 0.494 e. The number of methoxy groups -OCH3 is 1. The SMILES string of the molecule is COc1cc([N+](=O)[O-])ccc1NC(=O)c1ccc(-n2ccnc2)nn1. The molecule has 3 rings (SSSR count). The molecule has 0 aliphatic carbocycles. The summed E-state index contributed by atoms with van der Waals surface area (Å²) in [5, 5.41) is 21.2. The van der Waals surface area contributed by atoms with Crippen molar-refractivity contribution >= 4 is 17.3 Å². The number of amides is 1. The summed E-state index contributed by atoms with van der Waals surface area (Å²) in [4.78, 5) is 26.4. The fourth-order valence-electron chi connectivity index (χ4n) is 2.06. The van der Waals surface area contributed by atoms with Gasteiger partial charge >= 0.3 is 0 Å². The maximum Gasteiger partial charge on any atom is 0.276 e. The second-order valence-corrected chi connectivity index (χ2v) is 4.84. The van der Waals surface area contributed by atoms with Crippen LogP contribution in [0.1, 0.15) is 10.5 Å². The van der Waals surface area contributed by atoms with E-state index < -0.39 is 10.8 Å². The topological polar surface area (TPSA) is 125 Å². The maximum absolute atomic E-state index is 12.3. The molecule has 2 aromatic heterocycles. The van der Waals surface area contributed by atoms with Crippen LogP contribution in [0.2, 0.25) is 0 Å². The fourth-order valence-corrected chi connectivity index (χ4v) is 2.06. The number of ether oxygens (including phenoxy) is 1. The summed E-state index contributed by atoms with van der Waals surface area (Å²) in [6.07, 6.45) is 4.86. The summed E-state index contributed by atoms with van der Waals surface area (Å²) in [5.74, 6) is 0.171. The van der Waals surface area contributed by atoms with Crippen LogP contribution in [0.3, 0.4) is 0 Å². The molecule has 1 aromatic carbocycles. The number of hydrogen-bond donors (Lipinski definition) is 1. The van der Waals surface area contributed by atoms with Crippen molar-refractivity contribution in [2.24, 2.45) is 0 Å². The highest BCUT2D eigenvalue weighted by molar-refractivity contribution is 6.03. The number of aromatic nitrogens is 4. The Morgan fingerprint density at radius 3 is 2.72 bits per heavy atom. The zero-order valence-corrected chi connectivity index (χ0v) is 13.0. The Morgan fingerprint density at radius 2 is 2.12 bits per heavy atom. The van der Waals surface area contributed by atoms with E-state index in [-0.39, 0.29) is 17.1 Å². The lowest BCUT2D eigenvalue weighted by molar-refractivity contribution is -0.384. The van der Waals surface area contributed by atoms with Gasteiger partial charge in [-0.15, -0.1) is 10.2 Å². The van der Waals surface area contributed by atoms with Crippen molar-refractivity contribution in [1.82, 2.24) is 19.7 Å². The summed E-state index contributed by atoms with van der Waals surface area (Å²) >= 11 is 0. The van der Waals surface area contributed by atoms with Gasteiger partial charge in [-0.1, -0.05) is 0 Å². The summed E-state index contributed by atoms with van der Waals surface area (Å²) in [7, 11) is 1.36. The molecule has 0 spiro atoms. The monoisotopic (exact) mass is 340 g/mol. The number of imidazole rings is 1. The second-order valence-electron chi connectivity index (χ2n) is 4.84. The molecule has 0 bridgehead atoms. The maximum atomic E-state index is 12.3. The van der Waals surface area contributed by atoms with Crippen LogP contribution in [-0.2, 0) is 0 Å². The molecule has 10 heteroatoms. The number of nitro groups is 1. The number of hydrogen-bond acceptors (Lipinski definition) is 7. The number of anilines is 1. The van der Waals surface area contributed by atoms with E-state index in [4.69, 9.17) is 4.74 Å². The van der Waals surface area contributed by atoms with Gasteiger partial charge in [-0.25, -0.2) is 4.98 Å². The fraction of sp³-hybridized carbons (Fsp3) is 0.0667. The van der Waals surface area contributed by atoms with Gasteiger partial charge < -0.3 is 10.1 Å². The lowest BCUT2D eigenvalue weighted by Gasteiger charge is -2.09. The van der Waals surface area contributed by atoms with Gasteiger partial charge in [0.15, 0.2) is 11.5 Å². The number of nitro benzene ring substituents is 1. The Bertz CT molecular complexity index is 908. The molecule has 3 aromatic rings. The van der Waals surface area contributed by atoms with Gasteiger partial charge in [0.25, 0.3) is 11.6 Å². The summed E-state index contributed by atoms with van der Waals surface area (Å²) in [6.45, 7) is 0. The van der Waals surface area contributed by atoms with Gasteiger partial charge in [-0.05, 0) is 18.2 Å². The van der Waals surface area contributed by atoms with E-state index in [0.717, 1.165) is 0 Å². The van der Waals surface area contributed by atoms with Gasteiger partial charge in [0.2, 0.25) is 0 Å². The molecule has 1 N–H and O–H groups in total. The molecule has 2 heterocycles. The molecular formula is C15H12N6O4. The normalized spacial score (nSPS) is 10.3. The van der Waals surface area contributed by atoms with E-state index >= 15 is 0 Å². The van der Waals surface area contributed by atoms with E-state index in [1.165, 1.54) is 31.4 Å². The Hall–Kier alpha value is -3.82. The number of rotatable bonds is 5. The Labute approximate surface area is 141 Å². The van der Waals surface area contributed by atoms with Crippen molar-refractivity contribution in [3.63, 3.8) is 0 Å². The molecular weight excluding hydrogens is 328 g/mol. The zero-order chi connectivity index (χ0) is 17.8. The molecule has 0 fully saturated rings. The predicted molar refractivity (Wildman–Crippen MR) is 86.8 cm³/mol. The van der Waals surface area contributed by atoms with Gasteiger partial charge in [-0.3, -0.25) is 19.5 Å². The Morgan fingerprint density at radius 1 is 1.28 bits per heavy atom. The predicted octanol–water partition coefficient (Wildman–Crippen LogP) is 1.83. The van der Waals surface area contributed by atoms with E-state index in [1.54, 1.807) is 29.4 Å². The average Bonchev–Trinajstić information content (AvgIpc) is 3.16. The van der Waals surface area contributed by atoms with Crippen LogP contribution < -0.4 is 10.1 Å². The van der Waals surface area contributed by atoms with E-state index in [9.17, 15) is 14.9 Å². The highest BCUT2D eigenvalue weighted by Crippen LogP contribution is 2.29. The van der Waals surface area contributed by atoms with Crippen LogP contribution in [-0.4, -0.2) is 37.7 Å². The first-order valence-electron chi connectivity index (χ1n) is 7.04. The highest BCUT2D eigenvalue weighted by Gasteiger charge is 2.15. The summed E-state index contributed by atoms with van der Waals surface area (Å²) in [6, 6.07) is 7.02. The van der Waals surface area contributed by atoms with Crippen LogP contribution in [0.25, 0.3) is 5.82 Å². The number of nitrogens with zero attached hydrogens (tertiary/aromatic N) is 5. The quantitative estimate of drug-likeness (QED) is 0.555. The average molecular weight is 340 g/mol. The second kappa shape index (κ2) is 6.74. The van der Waals surface area contributed by atoms with E-state index in [2.05, 4.69) is 20.5 Å². The van der Waals surface area contributed by atoms with E-state index in [1.807, 2.05) is 0 Å². The standard InChI is InChI=1S/C15H12N6O4/c1-25-13-8-10(21(23)24)2-3-11(13)17-15(22)12-4-5-14(19-18-12)20-7-6-16-9-20/h2-9H,1H3,(H,17,22). The number of nitrogens with one attached hydrogen (secondary N) is 1. The third-order valence-electron chi connectivity index (χ3n) is 3.30. The molecule has 0 unspecified atom stereocenters. The van der Waals surface area contributed by atoms with Crippen LogP contribution >= 0.6 is 0 Å². The molecule has 0 aliphatic heterocycles. The first-order valence-corrected chi connectivity index (χ1v) is 7.04. The Kier molecular flexibility index (Phi) is 4.33. The number of carbonyl (C=O) groups excluding carboxylic acids is 1. The molecule has 25 heavy (non-hydrogen) atoms. The lowest BCUT2D eigenvalue weighted by Crippen LogP contribution is -2.15. The Balaban J connectivity index is 1.79. The van der Waals surface area contributed by atoms with Gasteiger partial charge in [0, 0.05) is 18.5 Å². The number of non-ortho nitro benzene ring substituents is 1. The summed E-state index contributed by atoms with van der Waals surface area (Å²) < 4.78 is 6.72. The van der Waals surface area contributed by atoms with Crippen molar-refractivity contribution in [3.8, 4) is 11.6 Å². The molecule has 0 radical (unpaired) electrons. The summed E-state index contributed by atoms with van der Waals surface area (Å²) in [5.41, 5.74) is 0.238. The minimum atomic E-state index is -0.547. The van der Waals surface area contributed by atoms with Gasteiger partial charge in [0.05, 0.1) is 23.8 Å². The van der Waals surface area contributed by atoms with Crippen LogP contribution in [0, 0.1) is 10.1 Å². The lowest BCUT2D eigenvalue weighted by atomic mass is 10.2. The minimum Gasteiger partial charge on any atom is -0.494 e. The number of benzene rings is 1. The van der Waals surface area contributed by atoms with Gasteiger partial charge in [-0.2, -0.15) is 0 Å². The van der Waals surface area contributed by atoms with Crippen molar-refractivity contribution in [2.75, 3.05) is 12.4 Å². The van der Waals surface area contributed by atoms with Crippen molar-refractivity contribution in [2.45, 2.75) is 0 Å². The first kappa shape index (κ1) is 16.1. The molecule has 1 amide bonds. The van der Waals surface area contributed by atoms with Crippen LogP contribution in [0.15, 0.2) is 49.1 Å². The molecule has 0 atom stereocenters. The van der Waals surface area contributed by atoms with Crippen molar-refractivity contribution in [1.29, 1.82) is 0 Å². The van der Waals surface area contributed by atoms with Crippen LogP contribution in [0.5, 0.6) is 5.75 Å². The third-order valence-corrected chi connectivity index (χ3v) is 3.30. The van der Waals surface area contributed by atoms with Gasteiger partial charge in [0.1, 0.15) is 12.1 Å². The van der Waals surface area contributed by atoms with Crippen molar-refractivity contribution in [3.05, 3.63) is 64.9 Å². The molecule has 0 aliphatic rings. The van der Waals surface area contributed by atoms with Crippen LogP contribution in [0.4, 0.5) is 11.4 Å². The van der Waals surface area contributed by atoms with E-state index in [0.29, 0.717) is 11.5 Å². The number of carbonyl (C=O) groups is 1. The molecule has 10 nitrogen and oxygen atoms in total. The molecule has 0 saturated heterocycles. The first-order chi connectivity index (χ1) is 12.1. The zero-order valence-electron chi connectivity index (χ0n) is 13.0. The third kappa shape index (κ3) is 3.42. The smallest absolute Gasteiger partial charge is 0.276 e. The minimum absolute atomic E-state index is 0.0873. The highest BCUT2D eigenvalue weighted by atomic mass is 16.6. The molecule has 126 valence electrons. The van der Waals surface area contributed by atoms with Crippen molar-refractivity contribution < 1.29 is 14.5 Å².